The van der Waals surface area contributed by atoms with E-state index in [4.69, 9.17) is 4.74 Å². The van der Waals surface area contributed by atoms with E-state index in [0.29, 0.717) is 37.5 Å². The largest absolute Gasteiger partial charge is 0.366 e. The lowest BCUT2D eigenvalue weighted by atomic mass is 10.1. The van der Waals surface area contributed by atoms with Gasteiger partial charge >= 0.3 is 0 Å². The quantitative estimate of drug-likeness (QED) is 0.852. The normalized spacial score (nSPS) is 17.0. The molecule has 1 aliphatic rings. The number of halogens is 1. The number of ether oxygens (including phenoxy) is 1. The van der Waals surface area contributed by atoms with Crippen LogP contribution in [-0.4, -0.2) is 55.6 Å². The summed E-state index contributed by atoms with van der Waals surface area (Å²) in [6.45, 7) is 6.88. The molecule has 2 rings (SSSR count). The first-order valence-electron chi connectivity index (χ1n) is 7.68. The number of hydrogen-bond acceptors (Lipinski definition) is 4. The van der Waals surface area contributed by atoms with Crippen LogP contribution < -0.4 is 10.6 Å². The highest BCUT2D eigenvalue weighted by Gasteiger charge is 2.24. The summed E-state index contributed by atoms with van der Waals surface area (Å²) in [5, 5.41) is 5.93. The van der Waals surface area contributed by atoms with E-state index in [-0.39, 0.29) is 24.2 Å². The van der Waals surface area contributed by atoms with Crippen molar-refractivity contribution >= 4 is 29.9 Å². The van der Waals surface area contributed by atoms with E-state index < -0.39 is 6.10 Å². The Labute approximate surface area is 143 Å². The molecule has 6 nitrogen and oxygen atoms in total. The number of rotatable bonds is 5. The number of benzene rings is 1. The van der Waals surface area contributed by atoms with E-state index >= 15 is 0 Å². The highest BCUT2D eigenvalue weighted by molar-refractivity contribution is 6.04. The lowest BCUT2D eigenvalue weighted by Gasteiger charge is -2.24. The number of nitrogens with zero attached hydrogens (tertiary/aromatic N) is 1. The zero-order chi connectivity index (χ0) is 15.9. The van der Waals surface area contributed by atoms with Crippen molar-refractivity contribution in [3.63, 3.8) is 0 Å². The molecular weight excluding hydrogens is 318 g/mol. The van der Waals surface area contributed by atoms with Gasteiger partial charge in [0.2, 0.25) is 0 Å². The van der Waals surface area contributed by atoms with Gasteiger partial charge in [0, 0.05) is 26.2 Å². The van der Waals surface area contributed by atoms with Crippen LogP contribution in [0.25, 0.3) is 0 Å². The van der Waals surface area contributed by atoms with E-state index in [9.17, 15) is 9.59 Å². The van der Waals surface area contributed by atoms with Crippen molar-refractivity contribution in [3.05, 3.63) is 29.8 Å². The maximum absolute atomic E-state index is 12.5. The molecule has 128 valence electrons. The fraction of sp³-hybridized carbons (Fsp3) is 0.500. The second-order valence-corrected chi connectivity index (χ2v) is 5.08. The Morgan fingerprint density at radius 1 is 1.30 bits per heavy atom. The van der Waals surface area contributed by atoms with Crippen LogP contribution in [0.1, 0.15) is 24.2 Å². The Kier molecular flexibility index (Phi) is 8.02. The fourth-order valence-electron chi connectivity index (χ4n) is 2.41. The Morgan fingerprint density at radius 2 is 2.00 bits per heavy atom. The minimum absolute atomic E-state index is 0. The molecule has 0 radical (unpaired) electrons. The van der Waals surface area contributed by atoms with Crippen LogP contribution in [0.3, 0.4) is 0 Å². The molecule has 0 aromatic heterocycles. The van der Waals surface area contributed by atoms with Gasteiger partial charge in [-0.1, -0.05) is 12.1 Å². The van der Waals surface area contributed by atoms with E-state index in [2.05, 4.69) is 10.6 Å². The highest BCUT2D eigenvalue weighted by atomic mass is 35.5. The molecule has 1 saturated heterocycles. The third-order valence-electron chi connectivity index (χ3n) is 3.69. The van der Waals surface area contributed by atoms with Crippen molar-refractivity contribution in [2.24, 2.45) is 0 Å². The summed E-state index contributed by atoms with van der Waals surface area (Å²) in [6, 6.07) is 7.07. The van der Waals surface area contributed by atoms with E-state index in [1.165, 1.54) is 0 Å². The average molecular weight is 342 g/mol. The molecule has 0 aliphatic carbocycles. The summed E-state index contributed by atoms with van der Waals surface area (Å²) < 4.78 is 5.43. The maximum Gasteiger partial charge on any atom is 0.255 e. The van der Waals surface area contributed by atoms with Gasteiger partial charge < -0.3 is 20.3 Å². The molecule has 1 atom stereocenters. The molecule has 0 bridgehead atoms. The number of amides is 2. The Hall–Kier alpha value is -1.63. The molecule has 2 N–H and O–H groups in total. The van der Waals surface area contributed by atoms with Gasteiger partial charge in [0.25, 0.3) is 11.8 Å². The molecule has 0 spiro atoms. The van der Waals surface area contributed by atoms with Gasteiger partial charge in [0.15, 0.2) is 0 Å². The number of hydrogen-bond donors (Lipinski definition) is 2. The minimum Gasteiger partial charge on any atom is -0.366 e. The van der Waals surface area contributed by atoms with Crippen molar-refractivity contribution in [3.8, 4) is 0 Å². The van der Waals surface area contributed by atoms with Gasteiger partial charge in [-0.15, -0.1) is 12.4 Å². The van der Waals surface area contributed by atoms with Crippen molar-refractivity contribution in [1.29, 1.82) is 0 Å². The molecule has 1 unspecified atom stereocenters. The summed E-state index contributed by atoms with van der Waals surface area (Å²) in [5.41, 5.74) is 1.03. The zero-order valence-corrected chi connectivity index (χ0v) is 14.3. The van der Waals surface area contributed by atoms with Crippen LogP contribution in [0.2, 0.25) is 0 Å². The predicted molar refractivity (Wildman–Crippen MR) is 92.2 cm³/mol. The number of nitrogens with one attached hydrogen (secondary N) is 2. The van der Waals surface area contributed by atoms with Gasteiger partial charge in [-0.25, -0.2) is 0 Å². The van der Waals surface area contributed by atoms with Gasteiger partial charge in [-0.3, -0.25) is 9.59 Å². The van der Waals surface area contributed by atoms with Gasteiger partial charge in [-0.2, -0.15) is 0 Å². The van der Waals surface area contributed by atoms with E-state index in [1.54, 1.807) is 29.2 Å². The third kappa shape index (κ3) is 4.92. The van der Waals surface area contributed by atoms with Crippen LogP contribution in [0.15, 0.2) is 24.3 Å². The van der Waals surface area contributed by atoms with Gasteiger partial charge in [-0.05, 0) is 26.0 Å². The molecule has 1 aromatic carbocycles. The first-order chi connectivity index (χ1) is 10.7. The Morgan fingerprint density at radius 3 is 2.61 bits per heavy atom. The summed E-state index contributed by atoms with van der Waals surface area (Å²) in [7, 11) is 0. The maximum atomic E-state index is 12.5. The smallest absolute Gasteiger partial charge is 0.255 e. The number of carbonyl (C=O) groups excluding carboxylic acids is 2. The van der Waals surface area contributed by atoms with Crippen LogP contribution in [-0.2, 0) is 9.53 Å². The molecule has 7 heteroatoms. The number of para-hydroxylation sites is 1. The first-order valence-corrected chi connectivity index (χ1v) is 7.68. The SMILES string of the molecule is CCN(CC)C(=O)c1ccccc1NC(=O)C1CNCCO1.Cl. The summed E-state index contributed by atoms with van der Waals surface area (Å²) in [5.74, 6) is -0.310. The Balaban J connectivity index is 0.00000264. The molecule has 1 aliphatic heterocycles. The standard InChI is InChI=1S/C16H23N3O3.ClH/c1-3-19(4-2)16(21)12-7-5-6-8-13(12)18-15(20)14-11-17-9-10-22-14;/h5-8,14,17H,3-4,9-11H2,1-2H3,(H,18,20);1H. The van der Waals surface area contributed by atoms with Crippen LogP contribution >= 0.6 is 12.4 Å². The predicted octanol–water partition coefficient (Wildman–Crippen LogP) is 1.52. The average Bonchev–Trinajstić information content (AvgIpc) is 2.57. The summed E-state index contributed by atoms with van der Waals surface area (Å²) in [6.07, 6.45) is -0.523. The second-order valence-electron chi connectivity index (χ2n) is 5.08. The number of anilines is 1. The molecule has 2 amide bonds. The van der Waals surface area contributed by atoms with Crippen LogP contribution in [0.5, 0.6) is 0 Å². The third-order valence-corrected chi connectivity index (χ3v) is 3.69. The monoisotopic (exact) mass is 341 g/mol. The minimum atomic E-state index is -0.523. The van der Waals surface area contributed by atoms with Gasteiger partial charge in [0.1, 0.15) is 6.10 Å². The van der Waals surface area contributed by atoms with Crippen molar-refractivity contribution < 1.29 is 14.3 Å². The van der Waals surface area contributed by atoms with Crippen LogP contribution in [0.4, 0.5) is 5.69 Å². The summed E-state index contributed by atoms with van der Waals surface area (Å²) >= 11 is 0. The number of morpholine rings is 1. The van der Waals surface area contributed by atoms with Crippen molar-refractivity contribution in [2.45, 2.75) is 20.0 Å². The highest BCUT2D eigenvalue weighted by Crippen LogP contribution is 2.18. The second kappa shape index (κ2) is 9.50. The molecular formula is C16H24ClN3O3. The molecule has 23 heavy (non-hydrogen) atoms. The van der Waals surface area contributed by atoms with Crippen molar-refractivity contribution in [1.82, 2.24) is 10.2 Å². The van der Waals surface area contributed by atoms with Crippen molar-refractivity contribution in [2.75, 3.05) is 38.1 Å². The fourth-order valence-corrected chi connectivity index (χ4v) is 2.41. The molecule has 1 aromatic rings. The number of carbonyl (C=O) groups is 2. The topological polar surface area (TPSA) is 70.7 Å². The molecule has 1 heterocycles. The molecule has 0 saturated carbocycles. The zero-order valence-electron chi connectivity index (χ0n) is 13.5. The van der Waals surface area contributed by atoms with Gasteiger partial charge in [0.05, 0.1) is 17.9 Å². The lowest BCUT2D eigenvalue weighted by molar-refractivity contribution is -0.128. The Bertz CT molecular complexity index is 529. The lowest BCUT2D eigenvalue weighted by Crippen LogP contribution is -2.45. The van der Waals surface area contributed by atoms with E-state index in [1.807, 2.05) is 13.8 Å². The molecule has 1 fully saturated rings. The summed E-state index contributed by atoms with van der Waals surface area (Å²) in [4.78, 5) is 26.5. The van der Waals surface area contributed by atoms with Crippen LogP contribution in [0, 0.1) is 0 Å². The van der Waals surface area contributed by atoms with E-state index in [0.717, 1.165) is 6.54 Å². The first kappa shape index (κ1) is 19.4.